The van der Waals surface area contributed by atoms with Crippen molar-refractivity contribution in [2.75, 3.05) is 19.6 Å². The van der Waals surface area contributed by atoms with Crippen molar-refractivity contribution in [1.29, 1.82) is 0 Å². The van der Waals surface area contributed by atoms with Gasteiger partial charge >= 0.3 is 5.97 Å². The number of carboxylic acids is 1. The third-order valence-electron chi connectivity index (χ3n) is 5.48. The van der Waals surface area contributed by atoms with E-state index in [1.165, 1.54) is 51.6 Å². The van der Waals surface area contributed by atoms with Crippen molar-refractivity contribution < 1.29 is 9.90 Å². The molecule has 0 radical (unpaired) electrons. The molecule has 2 heterocycles. The SMILES string of the molecule is O=C(O)C1CC2CC(N3CCCCC3)CCC2CN1. The molecule has 3 rings (SSSR count). The average molecular weight is 266 g/mol. The molecule has 108 valence electrons. The van der Waals surface area contributed by atoms with Crippen LogP contribution in [0.2, 0.25) is 0 Å². The van der Waals surface area contributed by atoms with E-state index >= 15 is 0 Å². The molecule has 2 aliphatic heterocycles. The summed E-state index contributed by atoms with van der Waals surface area (Å²) in [4.78, 5) is 13.8. The maximum Gasteiger partial charge on any atom is 0.320 e. The summed E-state index contributed by atoms with van der Waals surface area (Å²) in [5.41, 5.74) is 0. The quantitative estimate of drug-likeness (QED) is 0.799. The summed E-state index contributed by atoms with van der Waals surface area (Å²) in [5, 5.41) is 12.4. The van der Waals surface area contributed by atoms with E-state index in [-0.39, 0.29) is 6.04 Å². The maximum absolute atomic E-state index is 11.1. The van der Waals surface area contributed by atoms with Crippen LogP contribution in [-0.2, 0) is 4.79 Å². The Morgan fingerprint density at radius 1 is 1.05 bits per heavy atom. The molecular formula is C15H26N2O2. The Labute approximate surface area is 115 Å². The van der Waals surface area contributed by atoms with Gasteiger partial charge in [-0.3, -0.25) is 4.79 Å². The Kier molecular flexibility index (Phi) is 4.08. The highest BCUT2D eigenvalue weighted by molar-refractivity contribution is 5.73. The van der Waals surface area contributed by atoms with Crippen LogP contribution in [-0.4, -0.2) is 47.7 Å². The molecule has 0 aromatic heterocycles. The van der Waals surface area contributed by atoms with Gasteiger partial charge in [-0.05, 0) is 70.0 Å². The standard InChI is InChI=1S/C15H26N2O2/c18-15(19)14-9-12-8-13(5-4-11(12)10-16-14)17-6-2-1-3-7-17/h11-14,16H,1-10H2,(H,18,19). The smallest absolute Gasteiger partial charge is 0.320 e. The molecule has 4 heteroatoms. The van der Waals surface area contributed by atoms with Crippen LogP contribution in [0.15, 0.2) is 0 Å². The second-order valence-electron chi connectivity index (χ2n) is 6.62. The monoisotopic (exact) mass is 266 g/mol. The fraction of sp³-hybridized carbons (Fsp3) is 0.933. The second-order valence-corrected chi connectivity index (χ2v) is 6.62. The van der Waals surface area contributed by atoms with Gasteiger partial charge in [-0.2, -0.15) is 0 Å². The Balaban J connectivity index is 1.59. The van der Waals surface area contributed by atoms with Crippen LogP contribution < -0.4 is 5.32 Å². The summed E-state index contributed by atoms with van der Waals surface area (Å²) in [7, 11) is 0. The van der Waals surface area contributed by atoms with Crippen molar-refractivity contribution in [2.24, 2.45) is 11.8 Å². The predicted octanol–water partition coefficient (Wildman–Crippen LogP) is 1.70. The number of rotatable bonds is 2. The average Bonchev–Trinajstić information content (AvgIpc) is 2.47. The molecule has 19 heavy (non-hydrogen) atoms. The summed E-state index contributed by atoms with van der Waals surface area (Å²) in [6, 6.07) is 0.426. The van der Waals surface area contributed by atoms with Crippen molar-refractivity contribution >= 4 is 5.97 Å². The highest BCUT2D eigenvalue weighted by Crippen LogP contribution is 2.38. The Morgan fingerprint density at radius 3 is 2.58 bits per heavy atom. The number of carbonyl (C=O) groups is 1. The summed E-state index contributed by atoms with van der Waals surface area (Å²) in [6.45, 7) is 3.44. The van der Waals surface area contributed by atoms with Crippen molar-refractivity contribution in [1.82, 2.24) is 10.2 Å². The van der Waals surface area contributed by atoms with E-state index in [1.54, 1.807) is 0 Å². The molecular weight excluding hydrogens is 240 g/mol. The van der Waals surface area contributed by atoms with Gasteiger partial charge in [0.15, 0.2) is 0 Å². The minimum absolute atomic E-state index is 0.304. The zero-order valence-electron chi connectivity index (χ0n) is 11.7. The van der Waals surface area contributed by atoms with Crippen LogP contribution in [0.4, 0.5) is 0 Å². The Morgan fingerprint density at radius 2 is 1.84 bits per heavy atom. The first-order valence-corrected chi connectivity index (χ1v) is 7.94. The number of hydrogen-bond acceptors (Lipinski definition) is 3. The predicted molar refractivity (Wildman–Crippen MR) is 74.1 cm³/mol. The van der Waals surface area contributed by atoms with Gasteiger partial charge in [0, 0.05) is 6.04 Å². The van der Waals surface area contributed by atoms with Crippen LogP contribution >= 0.6 is 0 Å². The van der Waals surface area contributed by atoms with Crippen molar-refractivity contribution in [2.45, 2.75) is 57.0 Å². The van der Waals surface area contributed by atoms with E-state index in [0.717, 1.165) is 24.9 Å². The summed E-state index contributed by atoms with van der Waals surface area (Å²) < 4.78 is 0. The molecule has 1 aliphatic carbocycles. The van der Waals surface area contributed by atoms with Crippen molar-refractivity contribution in [3.63, 3.8) is 0 Å². The van der Waals surface area contributed by atoms with E-state index < -0.39 is 5.97 Å². The molecule has 3 fully saturated rings. The van der Waals surface area contributed by atoms with Gasteiger partial charge in [0.2, 0.25) is 0 Å². The lowest BCUT2D eigenvalue weighted by molar-refractivity contribution is -0.141. The number of carboxylic acid groups (broad SMARTS) is 1. The third-order valence-corrected chi connectivity index (χ3v) is 5.48. The molecule has 1 saturated carbocycles. The van der Waals surface area contributed by atoms with E-state index in [0.29, 0.717) is 5.92 Å². The molecule has 4 atom stereocenters. The first kappa shape index (κ1) is 13.4. The molecule has 0 amide bonds. The highest BCUT2D eigenvalue weighted by atomic mass is 16.4. The summed E-state index contributed by atoms with van der Waals surface area (Å²) in [6.07, 6.45) is 8.76. The summed E-state index contributed by atoms with van der Waals surface area (Å²) >= 11 is 0. The van der Waals surface area contributed by atoms with Gasteiger partial charge in [-0.15, -0.1) is 0 Å². The Hall–Kier alpha value is -0.610. The number of likely N-dealkylation sites (tertiary alicyclic amines) is 1. The normalized spacial score (nSPS) is 40.6. The lowest BCUT2D eigenvalue weighted by atomic mass is 9.71. The lowest BCUT2D eigenvalue weighted by Crippen LogP contribution is -2.52. The summed E-state index contributed by atoms with van der Waals surface area (Å²) in [5.74, 6) is 0.679. The van der Waals surface area contributed by atoms with Gasteiger partial charge in [0.05, 0.1) is 0 Å². The van der Waals surface area contributed by atoms with E-state index in [1.807, 2.05) is 0 Å². The second kappa shape index (κ2) is 5.80. The molecule has 0 bridgehead atoms. The zero-order valence-corrected chi connectivity index (χ0v) is 11.7. The van der Waals surface area contributed by atoms with Crippen LogP contribution in [0, 0.1) is 11.8 Å². The fourth-order valence-corrected chi connectivity index (χ4v) is 4.34. The minimum Gasteiger partial charge on any atom is -0.480 e. The lowest BCUT2D eigenvalue weighted by Gasteiger charge is -2.45. The van der Waals surface area contributed by atoms with E-state index in [9.17, 15) is 9.90 Å². The number of piperidine rings is 2. The largest absolute Gasteiger partial charge is 0.480 e. The third kappa shape index (κ3) is 2.95. The van der Waals surface area contributed by atoms with Gasteiger partial charge in [-0.25, -0.2) is 0 Å². The molecule has 2 N–H and O–H groups in total. The van der Waals surface area contributed by atoms with Crippen LogP contribution in [0.5, 0.6) is 0 Å². The first-order valence-electron chi connectivity index (χ1n) is 7.94. The molecule has 0 aromatic rings. The van der Waals surface area contributed by atoms with Gasteiger partial charge in [0.1, 0.15) is 6.04 Å². The van der Waals surface area contributed by atoms with Crippen LogP contribution in [0.1, 0.15) is 44.9 Å². The van der Waals surface area contributed by atoms with Crippen LogP contribution in [0.25, 0.3) is 0 Å². The number of nitrogens with one attached hydrogen (secondary N) is 1. The molecule has 2 saturated heterocycles. The number of nitrogens with zero attached hydrogens (tertiary/aromatic N) is 1. The minimum atomic E-state index is -0.668. The van der Waals surface area contributed by atoms with E-state index in [4.69, 9.17) is 0 Å². The molecule has 0 spiro atoms. The van der Waals surface area contributed by atoms with E-state index in [2.05, 4.69) is 10.2 Å². The van der Waals surface area contributed by atoms with Gasteiger partial charge in [-0.1, -0.05) is 6.42 Å². The fourth-order valence-electron chi connectivity index (χ4n) is 4.34. The maximum atomic E-state index is 11.1. The number of hydrogen-bond donors (Lipinski definition) is 2. The molecule has 0 aromatic carbocycles. The highest BCUT2D eigenvalue weighted by Gasteiger charge is 2.39. The molecule has 3 aliphatic rings. The van der Waals surface area contributed by atoms with Gasteiger partial charge in [0.25, 0.3) is 0 Å². The Bertz CT molecular complexity index is 328. The van der Waals surface area contributed by atoms with Crippen molar-refractivity contribution in [3.05, 3.63) is 0 Å². The number of fused-ring (bicyclic) bond motifs is 1. The number of aliphatic carboxylic acids is 1. The molecule has 4 nitrogen and oxygen atoms in total. The zero-order chi connectivity index (χ0) is 13.2. The van der Waals surface area contributed by atoms with Gasteiger partial charge < -0.3 is 15.3 Å². The molecule has 4 unspecified atom stereocenters. The van der Waals surface area contributed by atoms with Crippen LogP contribution in [0.3, 0.4) is 0 Å². The van der Waals surface area contributed by atoms with Crippen molar-refractivity contribution in [3.8, 4) is 0 Å². The first-order chi connectivity index (χ1) is 9.24. The topological polar surface area (TPSA) is 52.6 Å².